The fourth-order valence-electron chi connectivity index (χ4n) is 6.66. The first-order valence-electron chi connectivity index (χ1n) is 15.2. The normalized spacial score (nSPS) is 24.9. The third-order valence-corrected chi connectivity index (χ3v) is 9.30. The van der Waals surface area contributed by atoms with Crippen molar-refractivity contribution >= 4 is 34.7 Å². The Kier molecular flexibility index (Phi) is 9.75. The van der Waals surface area contributed by atoms with E-state index in [0.29, 0.717) is 23.1 Å². The molecule has 3 N–H and O–H groups in total. The molecule has 1 aromatic carbocycles. The second-order valence-corrected chi connectivity index (χ2v) is 12.1. The molecule has 0 unspecified atom stereocenters. The number of benzene rings is 1. The third kappa shape index (κ3) is 6.75. The zero-order chi connectivity index (χ0) is 29.2. The number of carbonyl (C=O) groups excluding carboxylic acids is 1. The molecule has 2 aromatic heterocycles. The van der Waals surface area contributed by atoms with Crippen molar-refractivity contribution in [1.29, 1.82) is 0 Å². The van der Waals surface area contributed by atoms with Crippen LogP contribution in [0, 0.1) is 23.5 Å². The van der Waals surface area contributed by atoms with Crippen LogP contribution < -0.4 is 10.6 Å². The number of imidazole rings is 1. The van der Waals surface area contributed by atoms with Crippen LogP contribution in [0.2, 0.25) is 0 Å². The molecule has 10 nitrogen and oxygen atoms in total. The van der Waals surface area contributed by atoms with E-state index in [-0.39, 0.29) is 49.5 Å². The number of aliphatic hydroxyl groups excluding tert-OH is 1. The summed E-state index contributed by atoms with van der Waals surface area (Å²) in [6, 6.07) is 3.91. The Morgan fingerprint density at radius 2 is 1.65 bits per heavy atom. The number of nitrogens with one attached hydrogen (secondary N) is 2. The first-order valence-corrected chi connectivity index (χ1v) is 15.2. The summed E-state index contributed by atoms with van der Waals surface area (Å²) in [5.41, 5.74) is 0.871. The summed E-state index contributed by atoms with van der Waals surface area (Å²) in [4.78, 5) is 31.3. The highest BCUT2D eigenvalue weighted by molar-refractivity contribution is 5.79. The minimum atomic E-state index is -0.701. The number of likely N-dealkylation sites (N-methyl/N-ethyl adjacent to an activating group) is 1. The predicted molar refractivity (Wildman–Crippen MR) is 163 cm³/mol. The average molecular weight is 599 g/mol. The van der Waals surface area contributed by atoms with Crippen molar-refractivity contribution in [2.24, 2.45) is 11.8 Å². The van der Waals surface area contributed by atoms with Gasteiger partial charge in [0.05, 0.1) is 6.20 Å². The fraction of sp³-hybridized carbons (Fsp3) is 0.613. The Bertz CT molecular complexity index is 1370. The van der Waals surface area contributed by atoms with Gasteiger partial charge in [-0.1, -0.05) is 13.5 Å². The predicted octanol–water partition coefficient (Wildman–Crippen LogP) is 4.95. The van der Waals surface area contributed by atoms with Crippen LogP contribution in [-0.2, 0) is 4.79 Å². The lowest BCUT2D eigenvalue weighted by Crippen LogP contribution is -2.49. The van der Waals surface area contributed by atoms with Crippen molar-refractivity contribution in [2.45, 2.75) is 70.9 Å². The van der Waals surface area contributed by atoms with Crippen LogP contribution in [-0.4, -0.2) is 86.2 Å². The number of aliphatic hydroxyl groups is 1. The average Bonchev–Trinajstić information content (AvgIpc) is 3.37. The number of amides is 1. The molecule has 3 aromatic rings. The van der Waals surface area contributed by atoms with E-state index in [9.17, 15) is 18.7 Å². The standard InChI is InChI=1S/C30H40F2N8O2.CH4/c1-38-13-15-39(16-14-38)28(42)20-7-9-21(10-8-20)34-29-33-17-25-27(37-29)40(22-11-5-19(18-41)6-12-22)30(35-25)36-26-23(31)3-2-4-24(26)32;/h2-4,17,19-22,41H,5-16,18H2,1H3,(H,35,36)(H,33,34,37);1H4. The zero-order valence-electron chi connectivity index (χ0n) is 24.1. The number of aromatic nitrogens is 4. The molecule has 6 rings (SSSR count). The molecule has 0 spiro atoms. The van der Waals surface area contributed by atoms with E-state index in [1.54, 1.807) is 6.20 Å². The summed E-state index contributed by atoms with van der Waals surface area (Å²) in [7, 11) is 2.09. The summed E-state index contributed by atoms with van der Waals surface area (Å²) in [5, 5.41) is 16.0. The van der Waals surface area contributed by atoms with Crippen LogP contribution in [0.3, 0.4) is 0 Å². The maximum absolute atomic E-state index is 14.6. The minimum absolute atomic E-state index is 0. The quantitative estimate of drug-likeness (QED) is 0.350. The van der Waals surface area contributed by atoms with Gasteiger partial charge in [0.25, 0.3) is 0 Å². The number of rotatable bonds is 7. The number of para-hydroxylation sites is 1. The second kappa shape index (κ2) is 13.5. The number of carbonyl (C=O) groups is 1. The van der Waals surface area contributed by atoms with E-state index in [1.165, 1.54) is 18.2 Å². The number of halogens is 2. The van der Waals surface area contributed by atoms with Gasteiger partial charge < -0.3 is 25.5 Å². The Morgan fingerprint density at radius 1 is 0.977 bits per heavy atom. The number of fused-ring (bicyclic) bond motifs is 1. The van der Waals surface area contributed by atoms with Gasteiger partial charge in [-0.05, 0) is 76.5 Å². The van der Waals surface area contributed by atoms with Crippen molar-refractivity contribution in [3.05, 3.63) is 36.0 Å². The summed E-state index contributed by atoms with van der Waals surface area (Å²) in [6.07, 6.45) is 8.31. The molecule has 234 valence electrons. The molecule has 0 radical (unpaired) electrons. The van der Waals surface area contributed by atoms with Crippen molar-refractivity contribution in [3.8, 4) is 0 Å². The zero-order valence-corrected chi connectivity index (χ0v) is 24.1. The Labute approximate surface area is 251 Å². The van der Waals surface area contributed by atoms with Crippen molar-refractivity contribution in [3.63, 3.8) is 0 Å². The van der Waals surface area contributed by atoms with E-state index in [2.05, 4.69) is 32.5 Å². The minimum Gasteiger partial charge on any atom is -0.396 e. The molecule has 2 aliphatic carbocycles. The number of hydrogen-bond acceptors (Lipinski definition) is 8. The molecule has 12 heteroatoms. The Balaban J connectivity index is 0.00000368. The van der Waals surface area contributed by atoms with Crippen molar-refractivity contribution in [2.75, 3.05) is 50.5 Å². The summed E-state index contributed by atoms with van der Waals surface area (Å²) in [6.45, 7) is 3.61. The number of nitrogens with zero attached hydrogens (tertiary/aromatic N) is 6. The van der Waals surface area contributed by atoms with Crippen LogP contribution in [0.15, 0.2) is 24.4 Å². The molecule has 0 bridgehead atoms. The van der Waals surface area contributed by atoms with Crippen LogP contribution in [0.25, 0.3) is 11.2 Å². The van der Waals surface area contributed by atoms with Crippen LogP contribution in [0.1, 0.15) is 64.8 Å². The highest BCUT2D eigenvalue weighted by atomic mass is 19.1. The van der Waals surface area contributed by atoms with Gasteiger partial charge in [0.1, 0.15) is 22.8 Å². The number of hydrogen-bond donors (Lipinski definition) is 3. The molecule has 0 atom stereocenters. The van der Waals surface area contributed by atoms with Crippen LogP contribution in [0.5, 0.6) is 0 Å². The first-order chi connectivity index (χ1) is 20.4. The lowest BCUT2D eigenvalue weighted by Gasteiger charge is -2.36. The van der Waals surface area contributed by atoms with Gasteiger partial charge in [-0.25, -0.2) is 18.7 Å². The van der Waals surface area contributed by atoms with Gasteiger partial charge in [-0.3, -0.25) is 9.36 Å². The SMILES string of the molecule is C.CN1CCN(C(=O)C2CCC(Nc3ncc4nc(Nc5c(F)cccc5F)n(C5CCC(CO)CC5)c4n3)CC2)CC1. The van der Waals surface area contributed by atoms with E-state index in [1.807, 2.05) is 9.47 Å². The summed E-state index contributed by atoms with van der Waals surface area (Å²) in [5.74, 6) is -0.00820. The summed E-state index contributed by atoms with van der Waals surface area (Å²) < 4.78 is 31.0. The molecular formula is C31H44F2N8O2. The lowest BCUT2D eigenvalue weighted by molar-refractivity contribution is -0.138. The van der Waals surface area contributed by atoms with Gasteiger partial charge in [0.15, 0.2) is 5.65 Å². The van der Waals surface area contributed by atoms with E-state index in [0.717, 1.165) is 77.5 Å². The number of anilines is 3. The van der Waals surface area contributed by atoms with Gasteiger partial charge in [-0.15, -0.1) is 0 Å². The fourth-order valence-corrected chi connectivity index (χ4v) is 6.66. The smallest absolute Gasteiger partial charge is 0.225 e. The topological polar surface area (TPSA) is 111 Å². The molecule has 1 aliphatic heterocycles. The van der Waals surface area contributed by atoms with Gasteiger partial charge in [0, 0.05) is 50.8 Å². The molecule has 3 heterocycles. The maximum Gasteiger partial charge on any atom is 0.225 e. The van der Waals surface area contributed by atoms with Crippen LogP contribution >= 0.6 is 0 Å². The van der Waals surface area contributed by atoms with Gasteiger partial charge >= 0.3 is 0 Å². The molecule has 2 saturated carbocycles. The molecule has 1 saturated heterocycles. The Hall–Kier alpha value is -3.38. The molecular weight excluding hydrogens is 554 g/mol. The summed E-state index contributed by atoms with van der Waals surface area (Å²) >= 11 is 0. The van der Waals surface area contributed by atoms with E-state index < -0.39 is 11.6 Å². The monoisotopic (exact) mass is 598 g/mol. The third-order valence-electron chi connectivity index (χ3n) is 9.30. The first kappa shape index (κ1) is 31.1. The number of piperazine rings is 1. The van der Waals surface area contributed by atoms with Gasteiger partial charge in [-0.2, -0.15) is 4.98 Å². The molecule has 43 heavy (non-hydrogen) atoms. The maximum atomic E-state index is 14.6. The highest BCUT2D eigenvalue weighted by Crippen LogP contribution is 2.37. The highest BCUT2D eigenvalue weighted by Gasteiger charge is 2.32. The van der Waals surface area contributed by atoms with E-state index >= 15 is 0 Å². The second-order valence-electron chi connectivity index (χ2n) is 12.1. The van der Waals surface area contributed by atoms with Crippen molar-refractivity contribution < 1.29 is 18.7 Å². The van der Waals surface area contributed by atoms with E-state index in [4.69, 9.17) is 4.98 Å². The van der Waals surface area contributed by atoms with Crippen LogP contribution in [0.4, 0.5) is 26.4 Å². The molecule has 3 fully saturated rings. The van der Waals surface area contributed by atoms with Gasteiger partial charge in [0.2, 0.25) is 17.8 Å². The largest absolute Gasteiger partial charge is 0.396 e. The lowest BCUT2D eigenvalue weighted by atomic mass is 9.85. The Morgan fingerprint density at radius 3 is 2.30 bits per heavy atom. The molecule has 3 aliphatic rings. The molecule has 1 amide bonds. The van der Waals surface area contributed by atoms with Crippen molar-refractivity contribution in [1.82, 2.24) is 29.3 Å².